The number of aliphatic hydroxyl groups is 2. The quantitative estimate of drug-likeness (QED) is 0.680. The molecular formula is C27H34N2O6. The van der Waals surface area contributed by atoms with Crippen LogP contribution in [0, 0.1) is 5.41 Å². The molecule has 2 atom stereocenters. The van der Waals surface area contributed by atoms with Gasteiger partial charge in [0.25, 0.3) is 11.8 Å². The number of nitrogens with zero attached hydrogens (tertiary/aromatic N) is 2. The number of benzene rings is 2. The highest BCUT2D eigenvalue weighted by atomic mass is 16.5. The van der Waals surface area contributed by atoms with E-state index in [4.69, 9.17) is 9.47 Å². The molecule has 0 bridgehead atoms. The van der Waals surface area contributed by atoms with Crippen LogP contribution in [0.4, 0.5) is 0 Å². The van der Waals surface area contributed by atoms with Crippen molar-refractivity contribution in [3.63, 3.8) is 0 Å². The first kappa shape index (κ1) is 25.0. The molecule has 1 saturated heterocycles. The van der Waals surface area contributed by atoms with Gasteiger partial charge in [-0.3, -0.25) is 9.59 Å². The van der Waals surface area contributed by atoms with Crippen LogP contribution in [0.3, 0.4) is 0 Å². The number of ether oxygens (including phenoxy) is 2. The smallest absolute Gasteiger partial charge is 0.260 e. The van der Waals surface area contributed by atoms with Crippen LogP contribution < -0.4 is 9.47 Å². The summed E-state index contributed by atoms with van der Waals surface area (Å²) in [4.78, 5) is 29.3. The molecule has 2 N–H and O–H groups in total. The molecule has 0 saturated carbocycles. The molecule has 8 nitrogen and oxygen atoms in total. The monoisotopic (exact) mass is 482 g/mol. The second kappa shape index (κ2) is 10.7. The molecule has 2 aromatic carbocycles. The summed E-state index contributed by atoms with van der Waals surface area (Å²) in [6.45, 7) is 1.35. The summed E-state index contributed by atoms with van der Waals surface area (Å²) < 4.78 is 10.9. The third-order valence-electron chi connectivity index (χ3n) is 7.29. The zero-order valence-electron chi connectivity index (χ0n) is 20.4. The lowest BCUT2D eigenvalue weighted by Crippen LogP contribution is -2.51. The molecule has 188 valence electrons. The zero-order chi connectivity index (χ0) is 25.0. The number of likely N-dealkylation sites (tertiary alicyclic amines) is 1. The van der Waals surface area contributed by atoms with E-state index in [9.17, 15) is 19.8 Å². The number of likely N-dealkylation sites (N-methyl/N-ethyl adjacent to an activating group) is 1. The normalized spacial score (nSPS) is 23.0. The van der Waals surface area contributed by atoms with E-state index in [1.165, 1.54) is 0 Å². The van der Waals surface area contributed by atoms with E-state index in [0.29, 0.717) is 56.0 Å². The summed E-state index contributed by atoms with van der Waals surface area (Å²) in [6, 6.07) is 14.3. The largest absolute Gasteiger partial charge is 0.497 e. The molecule has 0 unspecified atom stereocenters. The average Bonchev–Trinajstić information content (AvgIpc) is 2.87. The van der Waals surface area contributed by atoms with Crippen LogP contribution >= 0.6 is 0 Å². The fourth-order valence-electron chi connectivity index (χ4n) is 5.12. The maximum atomic E-state index is 13.0. The Hall–Kier alpha value is -3.10. The van der Waals surface area contributed by atoms with Gasteiger partial charge in [-0.25, -0.2) is 0 Å². The number of methoxy groups -OCH3 is 1. The number of piperidine rings is 1. The molecule has 2 aromatic rings. The van der Waals surface area contributed by atoms with Crippen LogP contribution in [-0.2, 0) is 11.2 Å². The Morgan fingerprint density at radius 1 is 1.06 bits per heavy atom. The van der Waals surface area contributed by atoms with E-state index < -0.39 is 17.6 Å². The van der Waals surface area contributed by atoms with Crippen LogP contribution in [0.5, 0.6) is 11.5 Å². The van der Waals surface area contributed by atoms with Gasteiger partial charge < -0.3 is 29.5 Å². The summed E-state index contributed by atoms with van der Waals surface area (Å²) in [5.74, 6) is 1.04. The van der Waals surface area contributed by atoms with Crippen LogP contribution in [-0.4, -0.2) is 84.4 Å². The van der Waals surface area contributed by atoms with E-state index >= 15 is 0 Å². The Morgan fingerprint density at radius 3 is 2.43 bits per heavy atom. The van der Waals surface area contributed by atoms with Gasteiger partial charge in [-0.15, -0.1) is 0 Å². The lowest BCUT2D eigenvalue weighted by molar-refractivity contribution is -0.135. The maximum absolute atomic E-state index is 13.0. The van der Waals surface area contributed by atoms with E-state index in [2.05, 4.69) is 0 Å². The molecule has 4 rings (SSSR count). The molecule has 0 radical (unpaired) electrons. The molecule has 35 heavy (non-hydrogen) atoms. The first-order valence-corrected chi connectivity index (χ1v) is 12.0. The number of para-hydroxylation sites is 1. The fourth-order valence-corrected chi connectivity index (χ4v) is 5.12. The third-order valence-corrected chi connectivity index (χ3v) is 7.29. The van der Waals surface area contributed by atoms with Crippen LogP contribution in [0.2, 0.25) is 0 Å². The lowest BCUT2D eigenvalue weighted by Gasteiger charge is -2.45. The fraction of sp³-hybridized carbons (Fsp3) is 0.481. The highest BCUT2D eigenvalue weighted by Crippen LogP contribution is 2.39. The second-order valence-electron chi connectivity index (χ2n) is 9.71. The minimum atomic E-state index is -0.963. The Bertz CT molecular complexity index is 1030. The predicted molar refractivity (Wildman–Crippen MR) is 130 cm³/mol. The minimum Gasteiger partial charge on any atom is -0.497 e. The molecule has 8 heteroatoms. The van der Waals surface area contributed by atoms with Gasteiger partial charge in [0, 0.05) is 38.7 Å². The summed E-state index contributed by atoms with van der Waals surface area (Å²) >= 11 is 0. The van der Waals surface area contributed by atoms with E-state index in [-0.39, 0.29) is 24.8 Å². The van der Waals surface area contributed by atoms with Gasteiger partial charge in [-0.05, 0) is 60.6 Å². The number of hydrogen-bond acceptors (Lipinski definition) is 6. The zero-order valence-corrected chi connectivity index (χ0v) is 20.4. The van der Waals surface area contributed by atoms with E-state index in [1.54, 1.807) is 49.4 Å². The Morgan fingerprint density at radius 2 is 1.74 bits per heavy atom. The van der Waals surface area contributed by atoms with Crippen molar-refractivity contribution in [3.05, 3.63) is 59.7 Å². The van der Waals surface area contributed by atoms with Gasteiger partial charge in [0.15, 0.2) is 6.61 Å². The van der Waals surface area contributed by atoms with Crippen LogP contribution in [0.15, 0.2) is 48.5 Å². The number of hydrogen-bond donors (Lipinski definition) is 2. The summed E-state index contributed by atoms with van der Waals surface area (Å²) in [7, 11) is 3.32. The van der Waals surface area contributed by atoms with Gasteiger partial charge in [0.2, 0.25) is 0 Å². The molecule has 0 aromatic heterocycles. The van der Waals surface area contributed by atoms with Crippen molar-refractivity contribution < 1.29 is 29.3 Å². The third kappa shape index (κ3) is 5.77. The van der Waals surface area contributed by atoms with Gasteiger partial charge in [0.05, 0.1) is 19.3 Å². The van der Waals surface area contributed by atoms with Gasteiger partial charge >= 0.3 is 0 Å². The molecule has 2 heterocycles. The SMILES string of the molecule is COc1ccc(C(=O)N2CCC3(CC2)C[C@@H](O)[C@@H](O)Cc2ccccc2OCC(=O)N(C)C3)cc1. The molecular weight excluding hydrogens is 448 g/mol. The number of fused-ring (bicyclic) bond motifs is 1. The van der Waals surface area contributed by atoms with Crippen molar-refractivity contribution in [1.29, 1.82) is 0 Å². The van der Waals surface area contributed by atoms with Crippen LogP contribution in [0.1, 0.15) is 35.2 Å². The van der Waals surface area contributed by atoms with Gasteiger partial charge in [-0.2, -0.15) is 0 Å². The number of rotatable bonds is 2. The summed E-state index contributed by atoms with van der Waals surface area (Å²) in [5.41, 5.74) is 0.934. The average molecular weight is 483 g/mol. The Labute approximate surface area is 206 Å². The van der Waals surface area contributed by atoms with E-state index in [1.807, 2.05) is 23.1 Å². The number of carbonyl (C=O) groups excluding carboxylic acids is 2. The molecule has 1 spiro atoms. The van der Waals surface area contributed by atoms with Crippen molar-refractivity contribution in [1.82, 2.24) is 9.80 Å². The van der Waals surface area contributed by atoms with Gasteiger partial charge in [0.1, 0.15) is 11.5 Å². The van der Waals surface area contributed by atoms with E-state index in [0.717, 1.165) is 5.56 Å². The van der Waals surface area contributed by atoms with Crippen molar-refractivity contribution in [3.8, 4) is 11.5 Å². The maximum Gasteiger partial charge on any atom is 0.260 e. The first-order valence-electron chi connectivity index (χ1n) is 12.0. The second-order valence-corrected chi connectivity index (χ2v) is 9.71. The number of aliphatic hydroxyl groups excluding tert-OH is 2. The topological polar surface area (TPSA) is 99.5 Å². The van der Waals surface area contributed by atoms with Gasteiger partial charge in [-0.1, -0.05) is 18.2 Å². The Kier molecular flexibility index (Phi) is 7.62. The standard InChI is InChI=1S/C27H34N2O6/c1-28-18-27(11-13-29(14-12-27)26(33)19-7-9-21(34-2)10-8-19)16-23(31)22(30)15-20-5-3-4-6-24(20)35-17-25(28)32/h3-10,22-23,30-31H,11-18H2,1-2H3/t22-,23+/m0/s1. The first-order chi connectivity index (χ1) is 16.8. The molecule has 0 aliphatic carbocycles. The van der Waals surface area contributed by atoms with Crippen molar-refractivity contribution >= 4 is 11.8 Å². The lowest BCUT2D eigenvalue weighted by atomic mass is 9.72. The summed E-state index contributed by atoms with van der Waals surface area (Å²) in [5, 5.41) is 21.8. The minimum absolute atomic E-state index is 0.0503. The highest BCUT2D eigenvalue weighted by Gasteiger charge is 2.41. The number of amides is 2. The molecule has 2 amide bonds. The summed E-state index contributed by atoms with van der Waals surface area (Å²) in [6.07, 6.45) is -0.105. The van der Waals surface area contributed by atoms with Crippen molar-refractivity contribution in [2.75, 3.05) is 40.4 Å². The molecule has 1 fully saturated rings. The highest BCUT2D eigenvalue weighted by molar-refractivity contribution is 5.94. The Balaban J connectivity index is 1.50. The van der Waals surface area contributed by atoms with Crippen molar-refractivity contribution in [2.45, 2.75) is 37.9 Å². The number of carbonyl (C=O) groups is 2. The molecule has 2 aliphatic heterocycles. The van der Waals surface area contributed by atoms with Crippen molar-refractivity contribution in [2.24, 2.45) is 5.41 Å². The predicted octanol–water partition coefficient (Wildman–Crippen LogP) is 2.12. The molecule has 2 aliphatic rings. The van der Waals surface area contributed by atoms with Crippen LogP contribution in [0.25, 0.3) is 0 Å².